The van der Waals surface area contributed by atoms with E-state index in [0.717, 1.165) is 10.9 Å². The molecule has 0 saturated carbocycles. The Morgan fingerprint density at radius 3 is 2.73 bits per heavy atom. The van der Waals surface area contributed by atoms with Gasteiger partial charge in [-0.05, 0) is 51.3 Å². The van der Waals surface area contributed by atoms with E-state index < -0.39 is 16.1 Å². The van der Waals surface area contributed by atoms with Gasteiger partial charge < -0.3 is 9.72 Å². The minimum Gasteiger partial charge on any atom is -0.424 e. The van der Waals surface area contributed by atoms with Crippen molar-refractivity contribution in [3.05, 3.63) is 47.7 Å². The van der Waals surface area contributed by atoms with Gasteiger partial charge >= 0.3 is 6.01 Å². The normalized spacial score (nSPS) is 13.1. The average Bonchev–Trinajstić information content (AvgIpc) is 3.39. The molecule has 1 aromatic carbocycles. The Hall–Kier alpha value is -3.18. The van der Waals surface area contributed by atoms with E-state index in [-0.39, 0.29) is 4.90 Å². The number of hydrogen-bond donors (Lipinski definition) is 3. The second-order valence-electron chi connectivity index (χ2n) is 7.02. The Balaban J connectivity index is 1.59. The monoisotopic (exact) mass is 429 g/mol. The molecule has 11 heteroatoms. The molecular weight excluding hydrogens is 406 g/mol. The lowest BCUT2D eigenvalue weighted by Crippen LogP contribution is -2.29. The third kappa shape index (κ3) is 3.57. The third-order valence-corrected chi connectivity index (χ3v) is 6.65. The predicted octanol–water partition coefficient (Wildman–Crippen LogP) is 2.95. The summed E-state index contributed by atoms with van der Waals surface area (Å²) in [4.78, 5) is 3.28. The van der Waals surface area contributed by atoms with Crippen LogP contribution in [-0.4, -0.2) is 38.4 Å². The molecule has 4 rings (SSSR count). The van der Waals surface area contributed by atoms with Crippen LogP contribution in [0.15, 0.2) is 35.4 Å². The SMILES string of the molecule is CCn1c(Oc2ccc3cc[nH]c3c2)nnc1[C@@H](C)NS(=O)(=O)c1c(C)n[nH]c1C. The average molecular weight is 430 g/mol. The first-order valence-corrected chi connectivity index (χ1v) is 11.0. The molecular formula is C19H23N7O3S. The van der Waals surface area contributed by atoms with Gasteiger partial charge in [-0.3, -0.25) is 9.67 Å². The fourth-order valence-corrected chi connectivity index (χ4v) is 5.04. The Morgan fingerprint density at radius 2 is 2.03 bits per heavy atom. The van der Waals surface area contributed by atoms with Gasteiger partial charge in [0.1, 0.15) is 10.6 Å². The molecule has 158 valence electrons. The number of nitrogens with one attached hydrogen (secondary N) is 3. The molecule has 0 spiro atoms. The van der Waals surface area contributed by atoms with Crippen LogP contribution in [0.2, 0.25) is 0 Å². The van der Waals surface area contributed by atoms with Crippen LogP contribution < -0.4 is 9.46 Å². The number of aromatic amines is 2. The molecule has 0 bridgehead atoms. The maximum Gasteiger partial charge on any atom is 0.322 e. The number of fused-ring (bicyclic) bond motifs is 1. The highest BCUT2D eigenvalue weighted by Gasteiger charge is 2.27. The molecule has 3 N–H and O–H groups in total. The van der Waals surface area contributed by atoms with Crippen LogP contribution in [0.1, 0.15) is 37.1 Å². The Labute approximate surface area is 173 Å². The molecule has 30 heavy (non-hydrogen) atoms. The molecule has 1 atom stereocenters. The zero-order chi connectivity index (χ0) is 21.5. The molecule has 0 saturated heterocycles. The number of hydrogen-bond acceptors (Lipinski definition) is 6. The highest BCUT2D eigenvalue weighted by Crippen LogP contribution is 2.27. The molecule has 0 radical (unpaired) electrons. The number of benzene rings is 1. The molecule has 4 aromatic rings. The maximum absolute atomic E-state index is 12.9. The van der Waals surface area contributed by atoms with Crippen LogP contribution in [0.3, 0.4) is 0 Å². The fraction of sp³-hybridized carbons (Fsp3) is 0.316. The maximum atomic E-state index is 12.9. The minimum atomic E-state index is -3.79. The topological polar surface area (TPSA) is 131 Å². The second-order valence-corrected chi connectivity index (χ2v) is 8.67. The van der Waals surface area contributed by atoms with E-state index in [1.807, 2.05) is 37.4 Å². The number of sulfonamides is 1. The van der Waals surface area contributed by atoms with Crippen molar-refractivity contribution in [1.82, 2.24) is 34.7 Å². The van der Waals surface area contributed by atoms with E-state index in [1.54, 1.807) is 25.3 Å². The van der Waals surface area contributed by atoms with Crippen LogP contribution in [0.5, 0.6) is 11.8 Å². The van der Waals surface area contributed by atoms with Crippen molar-refractivity contribution in [2.24, 2.45) is 0 Å². The predicted molar refractivity (Wildman–Crippen MR) is 111 cm³/mol. The van der Waals surface area contributed by atoms with Crippen molar-refractivity contribution < 1.29 is 13.2 Å². The van der Waals surface area contributed by atoms with Gasteiger partial charge in [-0.15, -0.1) is 5.10 Å². The summed E-state index contributed by atoms with van der Waals surface area (Å²) < 4.78 is 36.0. The van der Waals surface area contributed by atoms with Crippen molar-refractivity contribution >= 4 is 20.9 Å². The van der Waals surface area contributed by atoms with Gasteiger partial charge in [-0.2, -0.15) is 5.10 Å². The lowest BCUT2D eigenvalue weighted by molar-refractivity contribution is 0.408. The van der Waals surface area contributed by atoms with Crippen LogP contribution in [0, 0.1) is 13.8 Å². The number of aryl methyl sites for hydroxylation is 2. The first kappa shape index (κ1) is 20.1. The van der Waals surface area contributed by atoms with Crippen molar-refractivity contribution in [1.29, 1.82) is 0 Å². The molecule has 3 aromatic heterocycles. The largest absolute Gasteiger partial charge is 0.424 e. The van der Waals surface area contributed by atoms with Crippen molar-refractivity contribution in [3.8, 4) is 11.8 Å². The molecule has 0 unspecified atom stereocenters. The van der Waals surface area contributed by atoms with Crippen LogP contribution in [0.4, 0.5) is 0 Å². The summed E-state index contributed by atoms with van der Waals surface area (Å²) in [6, 6.07) is 7.31. The zero-order valence-corrected chi connectivity index (χ0v) is 17.9. The van der Waals surface area contributed by atoms with Gasteiger partial charge in [0.15, 0.2) is 5.82 Å². The van der Waals surface area contributed by atoms with E-state index in [2.05, 4.69) is 30.1 Å². The van der Waals surface area contributed by atoms with Gasteiger partial charge in [0.05, 0.1) is 17.4 Å². The molecule has 10 nitrogen and oxygen atoms in total. The van der Waals surface area contributed by atoms with Crippen LogP contribution in [0.25, 0.3) is 10.9 Å². The van der Waals surface area contributed by atoms with Crippen molar-refractivity contribution in [2.45, 2.75) is 45.2 Å². The van der Waals surface area contributed by atoms with E-state index in [4.69, 9.17) is 4.74 Å². The number of aromatic nitrogens is 6. The summed E-state index contributed by atoms with van der Waals surface area (Å²) in [7, 11) is -3.79. The number of rotatable bonds is 7. The third-order valence-electron chi connectivity index (χ3n) is 4.85. The quantitative estimate of drug-likeness (QED) is 0.414. The van der Waals surface area contributed by atoms with E-state index >= 15 is 0 Å². The summed E-state index contributed by atoms with van der Waals surface area (Å²) in [6.45, 7) is 7.45. The second kappa shape index (κ2) is 7.58. The number of nitrogens with zero attached hydrogens (tertiary/aromatic N) is 4. The Kier molecular flexibility index (Phi) is 5.08. The summed E-state index contributed by atoms with van der Waals surface area (Å²) >= 11 is 0. The summed E-state index contributed by atoms with van der Waals surface area (Å²) in [5.74, 6) is 1.06. The summed E-state index contributed by atoms with van der Waals surface area (Å²) in [5.41, 5.74) is 1.84. The zero-order valence-electron chi connectivity index (χ0n) is 17.1. The fourth-order valence-electron chi connectivity index (χ4n) is 3.47. The Morgan fingerprint density at radius 1 is 1.23 bits per heavy atom. The van der Waals surface area contributed by atoms with Crippen LogP contribution >= 0.6 is 0 Å². The smallest absolute Gasteiger partial charge is 0.322 e. The lowest BCUT2D eigenvalue weighted by atomic mass is 10.2. The first-order chi connectivity index (χ1) is 14.3. The molecule has 0 aliphatic rings. The lowest BCUT2D eigenvalue weighted by Gasteiger charge is -2.15. The molecule has 0 aliphatic carbocycles. The van der Waals surface area contributed by atoms with Gasteiger partial charge in [0, 0.05) is 24.3 Å². The standard InChI is InChI=1S/C19H23N7O3S/c1-5-26-18(13(4)25-30(27,28)17-11(2)21-22-12(17)3)23-24-19(26)29-15-7-6-14-8-9-20-16(14)10-15/h6-10,13,20,25H,5H2,1-4H3,(H,21,22)/t13-/m1/s1. The minimum absolute atomic E-state index is 0.146. The van der Waals surface area contributed by atoms with Gasteiger partial charge in [-0.1, -0.05) is 5.10 Å². The first-order valence-electron chi connectivity index (χ1n) is 9.52. The van der Waals surface area contributed by atoms with E-state index in [0.29, 0.717) is 35.5 Å². The highest BCUT2D eigenvalue weighted by atomic mass is 32.2. The van der Waals surface area contributed by atoms with E-state index in [9.17, 15) is 8.42 Å². The summed E-state index contributed by atoms with van der Waals surface area (Å²) in [5, 5.41) is 16.0. The summed E-state index contributed by atoms with van der Waals surface area (Å²) in [6.07, 6.45) is 1.86. The molecule has 3 heterocycles. The number of ether oxygens (including phenoxy) is 1. The van der Waals surface area contributed by atoms with E-state index in [1.165, 1.54) is 0 Å². The molecule has 0 amide bonds. The van der Waals surface area contributed by atoms with Crippen LogP contribution in [-0.2, 0) is 16.6 Å². The van der Waals surface area contributed by atoms with Gasteiger partial charge in [0.25, 0.3) is 0 Å². The highest BCUT2D eigenvalue weighted by molar-refractivity contribution is 7.89. The van der Waals surface area contributed by atoms with Gasteiger partial charge in [-0.25, -0.2) is 13.1 Å². The Bertz CT molecular complexity index is 1280. The number of H-pyrrole nitrogens is 2. The van der Waals surface area contributed by atoms with Crippen molar-refractivity contribution in [2.75, 3.05) is 0 Å². The van der Waals surface area contributed by atoms with Crippen molar-refractivity contribution in [3.63, 3.8) is 0 Å². The molecule has 0 fully saturated rings. The molecule has 0 aliphatic heterocycles. The van der Waals surface area contributed by atoms with Gasteiger partial charge in [0.2, 0.25) is 10.0 Å².